The zero-order valence-electron chi connectivity index (χ0n) is 57.6. The van der Waals surface area contributed by atoms with Crippen molar-refractivity contribution in [3.8, 4) is 23.2 Å². The summed E-state index contributed by atoms with van der Waals surface area (Å²) < 4.78 is 17.9. The molecule has 10 rings (SSSR count). The Morgan fingerprint density at radius 3 is 1.65 bits per heavy atom. The maximum absolute atomic E-state index is 5.44. The highest BCUT2D eigenvalue weighted by Gasteiger charge is 2.17. The number of allylic oxidation sites excluding steroid dienone is 2. The standard InChI is InChI=1S/C14H18N2.C13H15NO.C11H17NO.C11H13N.C10H15N.C9H13NO.C9H13N/c1-10(2)14-9-15-16(12(14)4)13-7-5-11(3)6-8-13;1-9(2)12-8-13(15-3)10-6-4-5-7-11(10)14-12;1-8(2)10-5-6-11(12-7-10)13-9(3)4;1-8(2)9-5-6-11-10(9)4-3-7-12-11;1-7(2)10-6-5-8(3)9(4)11-10;1-7(2)8-5-4-6-10-9(8)11-3;1-7(2)9-6-4-5-8(3)10-9/h5-10H,1-4H3;4-9H,1-3H3;5-9H,1-4H3;3-5,7-8H,6H2,1-2H3;5-7H,1-4H3;4-7H,1-3H3;4-7H,1-3H3. The second-order valence-electron chi connectivity index (χ2n) is 24.7. The zero-order chi connectivity index (χ0) is 65.2. The summed E-state index contributed by atoms with van der Waals surface area (Å²) in [6.45, 7) is 44.7. The van der Waals surface area contributed by atoms with Gasteiger partial charge in [0.2, 0.25) is 11.8 Å². The van der Waals surface area contributed by atoms with E-state index in [1.165, 1.54) is 56.2 Å². The summed E-state index contributed by atoms with van der Waals surface area (Å²) in [6, 6.07) is 41.0. The van der Waals surface area contributed by atoms with Crippen LogP contribution in [0.25, 0.3) is 22.2 Å². The predicted octanol–water partition coefficient (Wildman–Crippen LogP) is 20.2. The fourth-order valence-corrected chi connectivity index (χ4v) is 9.20. The van der Waals surface area contributed by atoms with Crippen molar-refractivity contribution < 1.29 is 14.2 Å². The Kier molecular flexibility index (Phi) is 29.9. The van der Waals surface area contributed by atoms with Crippen molar-refractivity contribution in [2.24, 2.45) is 5.92 Å². The van der Waals surface area contributed by atoms with E-state index in [4.69, 9.17) is 14.2 Å². The molecule has 11 nitrogen and oxygen atoms in total. The lowest BCUT2D eigenvalue weighted by atomic mass is 9.99. The van der Waals surface area contributed by atoms with Gasteiger partial charge in [-0.2, -0.15) is 5.10 Å². The quantitative estimate of drug-likeness (QED) is 0.117. The second-order valence-corrected chi connectivity index (χ2v) is 24.7. The maximum Gasteiger partial charge on any atom is 0.216 e. The number of aryl methyl sites for hydroxylation is 4. The summed E-state index contributed by atoms with van der Waals surface area (Å²) in [7, 11) is 3.35. The van der Waals surface area contributed by atoms with Crippen LogP contribution in [0.3, 0.4) is 0 Å². The van der Waals surface area contributed by atoms with Gasteiger partial charge in [-0.15, -0.1) is 0 Å². The molecule has 0 amide bonds. The fourth-order valence-electron chi connectivity index (χ4n) is 9.20. The first-order valence-electron chi connectivity index (χ1n) is 31.4. The number of para-hydroxylation sites is 1. The fraction of sp³-hybridized carbons (Fsp3) is 0.416. The van der Waals surface area contributed by atoms with Crippen molar-refractivity contribution in [3.63, 3.8) is 0 Å². The number of fused-ring (bicyclic) bond motifs is 2. The molecule has 0 atom stereocenters. The number of hydrogen-bond acceptors (Lipinski definition) is 10. The molecule has 0 saturated heterocycles. The largest absolute Gasteiger partial charge is 0.496 e. The van der Waals surface area contributed by atoms with Crippen LogP contribution in [-0.2, 0) is 6.42 Å². The Morgan fingerprint density at radius 2 is 1.12 bits per heavy atom. The van der Waals surface area contributed by atoms with E-state index < -0.39 is 0 Å². The number of rotatable bonds is 12. The number of hydrogen-bond donors (Lipinski definition) is 0. The minimum atomic E-state index is 0.192. The molecule has 0 saturated carbocycles. The van der Waals surface area contributed by atoms with Crippen molar-refractivity contribution in [3.05, 3.63) is 225 Å². The normalized spacial score (nSPS) is 11.3. The molecule has 0 bridgehead atoms. The lowest BCUT2D eigenvalue weighted by molar-refractivity contribution is 0.232. The van der Waals surface area contributed by atoms with Gasteiger partial charge in [-0.05, 0) is 172 Å². The SMILES string of the molecule is CC(C)C1=CCc2ncccc21.CC(C)Oc1ccc(C(C)C)cn1.COc1cc(C(C)C)nc2ccccc12.COc1ncccc1C(C)C.Cc1ccc(-n2ncc(C(C)C)c2C)cc1.Cc1ccc(C(C)C)nc1C.Cc1cccc(C(C)C)n1. The van der Waals surface area contributed by atoms with Gasteiger partial charge < -0.3 is 14.2 Å². The molecule has 0 N–H and O–H groups in total. The Hall–Kier alpha value is -8.05. The van der Waals surface area contributed by atoms with E-state index in [1.807, 2.05) is 105 Å². The molecule has 88 heavy (non-hydrogen) atoms. The van der Waals surface area contributed by atoms with Gasteiger partial charge in [0.1, 0.15) is 5.75 Å². The molecule has 2 aromatic carbocycles. The molecule has 0 fully saturated rings. The first-order valence-corrected chi connectivity index (χ1v) is 31.4. The zero-order valence-corrected chi connectivity index (χ0v) is 57.6. The number of benzene rings is 2. The van der Waals surface area contributed by atoms with Gasteiger partial charge in [-0.1, -0.05) is 163 Å². The number of methoxy groups -OCH3 is 2. The average Bonchev–Trinajstić information content (AvgIpc) is 2.00. The van der Waals surface area contributed by atoms with E-state index in [0.717, 1.165) is 57.3 Å². The first-order chi connectivity index (χ1) is 41.8. The first kappa shape index (κ1) is 72.4. The minimum Gasteiger partial charge on any atom is -0.496 e. The summed E-state index contributed by atoms with van der Waals surface area (Å²) in [5.41, 5.74) is 19.4. The van der Waals surface area contributed by atoms with E-state index in [1.54, 1.807) is 20.4 Å². The van der Waals surface area contributed by atoms with Gasteiger partial charge in [-0.25, -0.2) is 14.6 Å². The van der Waals surface area contributed by atoms with Crippen LogP contribution in [0.2, 0.25) is 0 Å². The highest BCUT2D eigenvalue weighted by molar-refractivity contribution is 5.85. The van der Waals surface area contributed by atoms with Gasteiger partial charge >= 0.3 is 0 Å². The highest BCUT2D eigenvalue weighted by Crippen LogP contribution is 2.32. The minimum absolute atomic E-state index is 0.192. The molecule has 1 aliphatic rings. The van der Waals surface area contributed by atoms with Crippen molar-refractivity contribution in [2.75, 3.05) is 14.2 Å². The van der Waals surface area contributed by atoms with E-state index in [2.05, 4.69) is 226 Å². The molecule has 11 heteroatoms. The molecule has 0 radical (unpaired) electrons. The molecule has 0 spiro atoms. The van der Waals surface area contributed by atoms with Crippen LogP contribution < -0.4 is 14.2 Å². The van der Waals surface area contributed by atoms with Gasteiger partial charge in [0.05, 0.1) is 43.4 Å². The lowest BCUT2D eigenvalue weighted by Gasteiger charge is -2.10. The van der Waals surface area contributed by atoms with Crippen LogP contribution in [-0.4, -0.2) is 60.0 Å². The van der Waals surface area contributed by atoms with Gasteiger partial charge in [-0.3, -0.25) is 19.9 Å². The van der Waals surface area contributed by atoms with Crippen molar-refractivity contribution in [1.82, 2.24) is 39.7 Å². The van der Waals surface area contributed by atoms with Crippen LogP contribution in [0.5, 0.6) is 17.5 Å². The lowest BCUT2D eigenvalue weighted by Crippen LogP contribution is -2.06. The molecule has 7 heterocycles. The van der Waals surface area contributed by atoms with Crippen molar-refractivity contribution in [2.45, 2.75) is 193 Å². The van der Waals surface area contributed by atoms with Crippen LogP contribution in [0.1, 0.15) is 220 Å². The van der Waals surface area contributed by atoms with Gasteiger partial charge in [0, 0.05) is 82.3 Å². The summed E-state index contributed by atoms with van der Waals surface area (Å²) >= 11 is 0. The molecule has 9 aromatic rings. The average molecular weight is 1190 g/mol. The van der Waals surface area contributed by atoms with Crippen LogP contribution in [0.4, 0.5) is 0 Å². The van der Waals surface area contributed by atoms with Crippen LogP contribution in [0, 0.1) is 40.5 Å². The Balaban J connectivity index is 0.000000221. The number of pyridine rings is 6. The third-order valence-corrected chi connectivity index (χ3v) is 14.7. The second kappa shape index (κ2) is 36.3. The highest BCUT2D eigenvalue weighted by atomic mass is 16.5. The summed E-state index contributed by atoms with van der Waals surface area (Å²) in [5, 5.41) is 5.53. The molecule has 0 aliphatic heterocycles. The van der Waals surface area contributed by atoms with E-state index in [0.29, 0.717) is 47.3 Å². The molecular formula is C77H104N8O3. The number of aromatic nitrogens is 8. The molecular weight excluding hydrogens is 1080 g/mol. The third kappa shape index (κ3) is 22.9. The van der Waals surface area contributed by atoms with E-state index >= 15 is 0 Å². The topological polar surface area (TPSA) is 123 Å². The van der Waals surface area contributed by atoms with Crippen LogP contribution >= 0.6 is 0 Å². The van der Waals surface area contributed by atoms with Gasteiger partial charge in [0.15, 0.2) is 0 Å². The van der Waals surface area contributed by atoms with Crippen LogP contribution in [0.15, 0.2) is 152 Å². The smallest absolute Gasteiger partial charge is 0.216 e. The van der Waals surface area contributed by atoms with Crippen molar-refractivity contribution in [1.29, 1.82) is 0 Å². The summed E-state index contributed by atoms with van der Waals surface area (Å²) in [6.07, 6.45) is 11.0. The number of ether oxygens (including phenoxy) is 3. The third-order valence-electron chi connectivity index (χ3n) is 14.7. The Labute approximate surface area is 530 Å². The van der Waals surface area contributed by atoms with E-state index in [-0.39, 0.29) is 6.10 Å². The van der Waals surface area contributed by atoms with E-state index in [9.17, 15) is 0 Å². The Bertz CT molecular complexity index is 3520. The summed E-state index contributed by atoms with van der Waals surface area (Å²) in [5.74, 6) is 6.00. The predicted molar refractivity (Wildman–Crippen MR) is 370 cm³/mol. The van der Waals surface area contributed by atoms with Gasteiger partial charge in [0.25, 0.3) is 0 Å². The summed E-state index contributed by atoms with van der Waals surface area (Å²) in [4.78, 5) is 26.1. The Morgan fingerprint density at radius 1 is 0.489 bits per heavy atom. The molecule has 470 valence electrons. The maximum atomic E-state index is 5.44. The molecule has 0 unspecified atom stereocenters. The monoisotopic (exact) mass is 1190 g/mol. The number of nitrogens with zero attached hydrogens (tertiary/aromatic N) is 8. The molecule has 1 aliphatic carbocycles. The molecule has 7 aromatic heterocycles. The van der Waals surface area contributed by atoms with Crippen molar-refractivity contribution >= 4 is 16.5 Å².